The molecule has 7 heteroatoms. The molecule has 7 nitrogen and oxygen atoms in total. The molecule has 0 aliphatic rings. The zero-order chi connectivity index (χ0) is 16.8. The number of aromatic nitrogens is 1. The summed E-state index contributed by atoms with van der Waals surface area (Å²) >= 11 is 0. The summed E-state index contributed by atoms with van der Waals surface area (Å²) in [6.45, 7) is 0.185. The minimum atomic E-state index is -1.64. The number of aromatic amines is 1. The van der Waals surface area contributed by atoms with Crippen LogP contribution < -0.4 is 10.3 Å². The molecule has 0 saturated heterocycles. The van der Waals surface area contributed by atoms with Gasteiger partial charge in [-0.3, -0.25) is 14.6 Å². The number of aliphatic hydroxyl groups is 1. The maximum atomic E-state index is 11.8. The zero-order valence-corrected chi connectivity index (χ0v) is 11.9. The third-order valence-corrected chi connectivity index (χ3v) is 2.83. The highest BCUT2D eigenvalue weighted by molar-refractivity contribution is 6.07. The first-order valence-electron chi connectivity index (χ1n) is 6.55. The lowest BCUT2D eigenvalue weighted by molar-refractivity contribution is -0.135. The van der Waals surface area contributed by atoms with Gasteiger partial charge in [-0.25, -0.2) is 4.79 Å². The lowest BCUT2D eigenvalue weighted by Crippen LogP contribution is -2.12. The van der Waals surface area contributed by atoms with Gasteiger partial charge in [0.25, 0.3) is 5.56 Å². The van der Waals surface area contributed by atoms with Gasteiger partial charge < -0.3 is 14.9 Å². The smallest absolute Gasteiger partial charge is 0.371 e. The fourth-order valence-corrected chi connectivity index (χ4v) is 1.74. The maximum absolute atomic E-state index is 11.8. The van der Waals surface area contributed by atoms with Gasteiger partial charge in [0, 0.05) is 23.8 Å². The van der Waals surface area contributed by atoms with E-state index in [0.717, 1.165) is 11.6 Å². The number of aliphatic hydroxyl groups excluding tert-OH is 1. The number of carbonyl (C=O) groups is 2. The number of pyridine rings is 1. The van der Waals surface area contributed by atoms with Gasteiger partial charge in [0.15, 0.2) is 11.7 Å². The third kappa shape index (κ3) is 4.57. The number of allylic oxidation sites excluding steroid dienone is 1. The number of carbonyl (C=O) groups excluding carboxylic acids is 1. The van der Waals surface area contributed by atoms with Crippen LogP contribution in [0.4, 0.5) is 0 Å². The second kappa shape index (κ2) is 7.08. The van der Waals surface area contributed by atoms with Crippen molar-refractivity contribution in [2.24, 2.45) is 0 Å². The minimum Gasteiger partial charge on any atom is -0.502 e. The fraction of sp³-hybridized carbons (Fsp3) is 0.0625. The molecule has 3 N–H and O–H groups in total. The standard InChI is InChI=1S/C16H13NO6/c18-12(8-13(19)16(21)22)11-6-14(20)17-15(7-11)23-9-10-4-2-1-3-5-10/h1-8,19H,9H2,(H,17,20)(H,21,22)/b13-8-. The Kier molecular flexibility index (Phi) is 4.93. The van der Waals surface area contributed by atoms with Crippen molar-refractivity contribution in [3.05, 3.63) is 75.8 Å². The van der Waals surface area contributed by atoms with Crippen molar-refractivity contribution in [3.63, 3.8) is 0 Å². The van der Waals surface area contributed by atoms with Crippen LogP contribution in [0, 0.1) is 0 Å². The predicted octanol–water partition coefficient (Wildman–Crippen LogP) is 1.66. The summed E-state index contributed by atoms with van der Waals surface area (Å²) in [5.41, 5.74) is 0.195. The van der Waals surface area contributed by atoms with Gasteiger partial charge in [-0.2, -0.15) is 0 Å². The first kappa shape index (κ1) is 16.0. The number of hydrogen-bond acceptors (Lipinski definition) is 5. The monoisotopic (exact) mass is 315 g/mol. The summed E-state index contributed by atoms with van der Waals surface area (Å²) in [4.78, 5) is 36.3. The molecule has 0 bridgehead atoms. The summed E-state index contributed by atoms with van der Waals surface area (Å²) in [5.74, 6) is -3.50. The van der Waals surface area contributed by atoms with Crippen molar-refractivity contribution in [2.45, 2.75) is 6.61 Å². The number of carboxylic acid groups (broad SMARTS) is 1. The highest BCUT2D eigenvalue weighted by Crippen LogP contribution is 2.11. The van der Waals surface area contributed by atoms with Gasteiger partial charge in [-0.1, -0.05) is 30.3 Å². The van der Waals surface area contributed by atoms with E-state index in [4.69, 9.17) is 14.9 Å². The Morgan fingerprint density at radius 2 is 1.83 bits per heavy atom. The first-order valence-corrected chi connectivity index (χ1v) is 6.55. The summed E-state index contributed by atoms with van der Waals surface area (Å²) in [6.07, 6.45) is 0.526. The minimum absolute atomic E-state index is 0.0629. The Morgan fingerprint density at radius 3 is 2.48 bits per heavy atom. The molecule has 2 aromatic rings. The number of benzene rings is 1. The molecule has 2 rings (SSSR count). The van der Waals surface area contributed by atoms with Gasteiger partial charge in [-0.15, -0.1) is 0 Å². The molecule has 118 valence electrons. The van der Waals surface area contributed by atoms with E-state index in [-0.39, 0.29) is 18.1 Å². The Morgan fingerprint density at radius 1 is 1.13 bits per heavy atom. The molecular weight excluding hydrogens is 302 g/mol. The molecule has 0 aliphatic carbocycles. The van der Waals surface area contributed by atoms with E-state index in [1.807, 2.05) is 30.3 Å². The highest BCUT2D eigenvalue weighted by atomic mass is 16.5. The van der Waals surface area contributed by atoms with E-state index in [0.29, 0.717) is 6.08 Å². The maximum Gasteiger partial charge on any atom is 0.371 e. The summed E-state index contributed by atoms with van der Waals surface area (Å²) in [5, 5.41) is 17.6. The van der Waals surface area contributed by atoms with Crippen molar-refractivity contribution < 1.29 is 24.5 Å². The van der Waals surface area contributed by atoms with Crippen molar-refractivity contribution in [1.29, 1.82) is 0 Å². The molecule has 0 fully saturated rings. The Labute approximate surface area is 130 Å². The van der Waals surface area contributed by atoms with Crippen molar-refractivity contribution in [1.82, 2.24) is 4.98 Å². The summed E-state index contributed by atoms with van der Waals surface area (Å²) in [6, 6.07) is 11.4. The van der Waals surface area contributed by atoms with Gasteiger partial charge in [0.1, 0.15) is 6.61 Å². The second-order valence-corrected chi connectivity index (χ2v) is 4.57. The summed E-state index contributed by atoms with van der Waals surface area (Å²) < 4.78 is 5.41. The number of hydrogen-bond donors (Lipinski definition) is 3. The average molecular weight is 315 g/mol. The van der Waals surface area contributed by atoms with E-state index in [1.54, 1.807) is 0 Å². The van der Waals surface area contributed by atoms with Crippen LogP contribution in [0.1, 0.15) is 15.9 Å². The van der Waals surface area contributed by atoms with Crippen molar-refractivity contribution in [2.75, 3.05) is 0 Å². The number of rotatable bonds is 6. The van der Waals surface area contributed by atoms with Crippen LogP contribution in [0.15, 0.2) is 59.1 Å². The van der Waals surface area contributed by atoms with Gasteiger partial charge >= 0.3 is 5.97 Å². The second-order valence-electron chi connectivity index (χ2n) is 4.57. The van der Waals surface area contributed by atoms with E-state index >= 15 is 0 Å². The molecular formula is C16H13NO6. The van der Waals surface area contributed by atoms with Crippen LogP contribution in [0.25, 0.3) is 0 Å². The molecule has 1 aromatic heterocycles. The number of ketones is 1. The molecule has 0 spiro atoms. The van der Waals surface area contributed by atoms with E-state index in [1.165, 1.54) is 6.07 Å². The van der Waals surface area contributed by atoms with Gasteiger partial charge in [0.2, 0.25) is 5.76 Å². The van der Waals surface area contributed by atoms with Crippen LogP contribution >= 0.6 is 0 Å². The van der Waals surface area contributed by atoms with E-state index in [2.05, 4.69) is 4.98 Å². The molecule has 0 amide bonds. The SMILES string of the molecule is O=C(O)/C(O)=C/C(=O)c1cc(OCc2ccccc2)[nH]c(=O)c1. The third-order valence-electron chi connectivity index (χ3n) is 2.83. The van der Waals surface area contributed by atoms with Crippen molar-refractivity contribution in [3.8, 4) is 5.88 Å². The van der Waals surface area contributed by atoms with E-state index < -0.39 is 23.1 Å². The lowest BCUT2D eigenvalue weighted by atomic mass is 10.1. The average Bonchev–Trinajstić information content (AvgIpc) is 2.53. The van der Waals surface area contributed by atoms with Crippen LogP contribution in [0.5, 0.6) is 5.88 Å². The van der Waals surface area contributed by atoms with Crippen molar-refractivity contribution >= 4 is 11.8 Å². The van der Waals surface area contributed by atoms with Crippen LogP contribution in [0.3, 0.4) is 0 Å². The molecule has 0 radical (unpaired) electrons. The zero-order valence-electron chi connectivity index (χ0n) is 11.9. The van der Waals surface area contributed by atoms with Gasteiger partial charge in [-0.05, 0) is 5.56 Å². The topological polar surface area (TPSA) is 117 Å². The Hall–Kier alpha value is -3.35. The lowest BCUT2D eigenvalue weighted by Gasteiger charge is -2.06. The number of ether oxygens (including phenoxy) is 1. The van der Waals surface area contributed by atoms with Crippen LogP contribution in [-0.2, 0) is 11.4 Å². The fourth-order valence-electron chi connectivity index (χ4n) is 1.74. The number of carboxylic acids is 1. The predicted molar refractivity (Wildman–Crippen MR) is 80.5 cm³/mol. The van der Waals surface area contributed by atoms with Crippen LogP contribution in [0.2, 0.25) is 0 Å². The van der Waals surface area contributed by atoms with E-state index in [9.17, 15) is 14.4 Å². The quantitative estimate of drug-likeness (QED) is 0.424. The Bertz CT molecular complexity index is 807. The van der Waals surface area contributed by atoms with Gasteiger partial charge in [0.05, 0.1) is 0 Å². The normalized spacial score (nSPS) is 11.0. The number of aliphatic carboxylic acids is 1. The summed E-state index contributed by atoms with van der Waals surface area (Å²) in [7, 11) is 0. The largest absolute Gasteiger partial charge is 0.502 e. The highest BCUT2D eigenvalue weighted by Gasteiger charge is 2.11. The molecule has 1 aromatic carbocycles. The first-order chi connectivity index (χ1) is 11.0. The number of nitrogens with one attached hydrogen (secondary N) is 1. The molecule has 1 heterocycles. The molecule has 0 saturated carbocycles. The molecule has 23 heavy (non-hydrogen) atoms. The number of H-pyrrole nitrogens is 1. The molecule has 0 aliphatic heterocycles. The Balaban J connectivity index is 2.19. The molecule has 0 unspecified atom stereocenters. The van der Waals surface area contributed by atoms with Crippen LogP contribution in [-0.4, -0.2) is 26.9 Å². The molecule has 0 atom stereocenters.